The molecule has 0 spiro atoms. The third kappa shape index (κ3) is 3.72. The van der Waals surface area contributed by atoms with E-state index in [9.17, 15) is 4.79 Å². The molecule has 0 aromatic heterocycles. The summed E-state index contributed by atoms with van der Waals surface area (Å²) in [5.74, 6) is 1.66. The highest BCUT2D eigenvalue weighted by atomic mass is 79.9. The number of benzene rings is 2. The Hall–Kier alpha value is -1.79. The molecule has 0 aliphatic carbocycles. The van der Waals surface area contributed by atoms with E-state index >= 15 is 0 Å². The standard InChI is InChI=1S/C22H26BrNO4/c1-22(2)7-6-16-18(21(25)24-9-12-26-13-10-24)14-17-15(20(16)28-22)4-3-5-19(17)27-11-8-23/h3-5,14H,6-13H2,1-2H3. The Bertz CT molecular complexity index is 890. The minimum absolute atomic E-state index is 0.0556. The highest BCUT2D eigenvalue weighted by Crippen LogP contribution is 2.43. The number of fused-ring (bicyclic) bond motifs is 3. The second kappa shape index (κ2) is 7.91. The summed E-state index contributed by atoms with van der Waals surface area (Å²) in [5, 5.41) is 2.68. The molecule has 5 nitrogen and oxygen atoms in total. The lowest BCUT2D eigenvalue weighted by atomic mass is 9.88. The van der Waals surface area contributed by atoms with Gasteiger partial charge in [-0.15, -0.1) is 0 Å². The maximum Gasteiger partial charge on any atom is 0.254 e. The second-order valence-electron chi connectivity index (χ2n) is 7.89. The van der Waals surface area contributed by atoms with E-state index in [1.54, 1.807) is 0 Å². The zero-order valence-corrected chi connectivity index (χ0v) is 18.0. The fourth-order valence-electron chi connectivity index (χ4n) is 3.93. The van der Waals surface area contributed by atoms with E-state index in [0.717, 1.165) is 51.6 Å². The molecule has 0 bridgehead atoms. The molecule has 0 atom stereocenters. The van der Waals surface area contributed by atoms with Crippen molar-refractivity contribution in [2.24, 2.45) is 0 Å². The molecule has 0 N–H and O–H groups in total. The number of carbonyl (C=O) groups excluding carboxylic acids is 1. The first-order chi connectivity index (χ1) is 13.5. The minimum atomic E-state index is -0.257. The van der Waals surface area contributed by atoms with Crippen LogP contribution in [0.15, 0.2) is 24.3 Å². The van der Waals surface area contributed by atoms with E-state index in [1.165, 1.54) is 0 Å². The molecule has 28 heavy (non-hydrogen) atoms. The van der Waals surface area contributed by atoms with Crippen molar-refractivity contribution in [2.45, 2.75) is 32.3 Å². The van der Waals surface area contributed by atoms with Gasteiger partial charge in [-0.2, -0.15) is 0 Å². The molecule has 4 rings (SSSR count). The van der Waals surface area contributed by atoms with Crippen LogP contribution in [-0.4, -0.2) is 54.6 Å². The highest BCUT2D eigenvalue weighted by Gasteiger charge is 2.33. The van der Waals surface area contributed by atoms with Crippen LogP contribution in [0.25, 0.3) is 10.8 Å². The van der Waals surface area contributed by atoms with Crippen molar-refractivity contribution in [1.29, 1.82) is 0 Å². The molecule has 6 heteroatoms. The largest absolute Gasteiger partial charge is 0.492 e. The number of morpholine rings is 1. The summed E-state index contributed by atoms with van der Waals surface area (Å²) in [6.45, 7) is 7.19. The van der Waals surface area contributed by atoms with Gasteiger partial charge in [0.25, 0.3) is 5.91 Å². The van der Waals surface area contributed by atoms with Crippen molar-refractivity contribution in [3.63, 3.8) is 0 Å². The van der Waals surface area contributed by atoms with Crippen molar-refractivity contribution in [3.8, 4) is 11.5 Å². The number of carbonyl (C=O) groups is 1. The Kier molecular flexibility index (Phi) is 5.52. The maximum atomic E-state index is 13.4. The lowest BCUT2D eigenvalue weighted by molar-refractivity contribution is 0.0299. The van der Waals surface area contributed by atoms with Gasteiger partial charge in [0.05, 0.1) is 19.8 Å². The van der Waals surface area contributed by atoms with Crippen molar-refractivity contribution < 1.29 is 19.0 Å². The molecule has 2 aliphatic heterocycles. The molecule has 1 fully saturated rings. The van der Waals surface area contributed by atoms with Gasteiger partial charge in [-0.25, -0.2) is 0 Å². The van der Waals surface area contributed by atoms with E-state index < -0.39 is 0 Å². The number of nitrogens with zero attached hydrogens (tertiary/aromatic N) is 1. The summed E-state index contributed by atoms with van der Waals surface area (Å²) >= 11 is 3.41. The first-order valence-corrected chi connectivity index (χ1v) is 11.0. The van der Waals surface area contributed by atoms with Crippen LogP contribution in [0.3, 0.4) is 0 Å². The van der Waals surface area contributed by atoms with E-state index in [0.29, 0.717) is 32.9 Å². The van der Waals surface area contributed by atoms with Gasteiger partial charge in [-0.05, 0) is 38.8 Å². The number of halogens is 1. The van der Waals surface area contributed by atoms with E-state index in [1.807, 2.05) is 23.1 Å². The van der Waals surface area contributed by atoms with Crippen LogP contribution in [0, 0.1) is 0 Å². The van der Waals surface area contributed by atoms with E-state index in [4.69, 9.17) is 14.2 Å². The summed E-state index contributed by atoms with van der Waals surface area (Å²) in [5.41, 5.74) is 1.49. The van der Waals surface area contributed by atoms with Crippen LogP contribution < -0.4 is 9.47 Å². The van der Waals surface area contributed by atoms with Gasteiger partial charge in [0, 0.05) is 40.3 Å². The second-order valence-corrected chi connectivity index (χ2v) is 8.68. The van der Waals surface area contributed by atoms with Crippen LogP contribution in [0.1, 0.15) is 36.2 Å². The Balaban J connectivity index is 1.87. The first kappa shape index (κ1) is 19.5. The molecular weight excluding hydrogens is 422 g/mol. The van der Waals surface area contributed by atoms with E-state index in [-0.39, 0.29) is 11.5 Å². The molecule has 1 amide bonds. The number of hydrogen-bond acceptors (Lipinski definition) is 4. The van der Waals surface area contributed by atoms with Crippen molar-refractivity contribution >= 4 is 32.6 Å². The molecule has 150 valence electrons. The minimum Gasteiger partial charge on any atom is -0.492 e. The fraction of sp³-hybridized carbons (Fsp3) is 0.500. The zero-order valence-electron chi connectivity index (χ0n) is 16.4. The Morgan fingerprint density at radius 3 is 2.79 bits per heavy atom. The Morgan fingerprint density at radius 2 is 2.04 bits per heavy atom. The SMILES string of the molecule is CC1(C)CCc2c(C(=O)N3CCOCC3)cc3c(OCCBr)cccc3c2O1. The lowest BCUT2D eigenvalue weighted by Gasteiger charge is -2.35. The molecule has 2 aromatic rings. The van der Waals surface area contributed by atoms with Crippen molar-refractivity contribution in [3.05, 3.63) is 35.4 Å². The van der Waals surface area contributed by atoms with E-state index in [2.05, 4.69) is 35.8 Å². The van der Waals surface area contributed by atoms with Crippen LogP contribution >= 0.6 is 15.9 Å². The molecule has 2 aliphatic rings. The third-order valence-electron chi connectivity index (χ3n) is 5.42. The highest BCUT2D eigenvalue weighted by molar-refractivity contribution is 9.09. The van der Waals surface area contributed by atoms with Crippen molar-refractivity contribution in [2.75, 3.05) is 38.2 Å². The molecule has 2 heterocycles. The summed E-state index contributed by atoms with van der Waals surface area (Å²) in [6.07, 6.45) is 1.71. The normalized spacial score (nSPS) is 18.5. The molecule has 2 aromatic carbocycles. The monoisotopic (exact) mass is 447 g/mol. The molecule has 1 saturated heterocycles. The number of alkyl halides is 1. The average Bonchev–Trinajstić information content (AvgIpc) is 2.71. The number of hydrogen-bond donors (Lipinski definition) is 0. The van der Waals surface area contributed by atoms with Gasteiger partial charge in [0.1, 0.15) is 17.1 Å². The summed E-state index contributed by atoms with van der Waals surface area (Å²) in [7, 11) is 0. The van der Waals surface area contributed by atoms with Crippen LogP contribution in [0.4, 0.5) is 0 Å². The lowest BCUT2D eigenvalue weighted by Crippen LogP contribution is -2.41. The molecule has 0 radical (unpaired) electrons. The molecule has 0 unspecified atom stereocenters. The van der Waals surface area contributed by atoms with Crippen LogP contribution in [-0.2, 0) is 11.2 Å². The van der Waals surface area contributed by atoms with Gasteiger partial charge < -0.3 is 19.1 Å². The number of rotatable bonds is 4. The zero-order chi connectivity index (χ0) is 19.7. The van der Waals surface area contributed by atoms with Gasteiger partial charge >= 0.3 is 0 Å². The van der Waals surface area contributed by atoms with Gasteiger partial charge in [0.15, 0.2) is 0 Å². The first-order valence-electron chi connectivity index (χ1n) is 9.83. The predicted octanol–water partition coefficient (Wildman–Crippen LogP) is 4.19. The van der Waals surface area contributed by atoms with Gasteiger partial charge in [0.2, 0.25) is 0 Å². The Labute approximate surface area is 174 Å². The fourth-order valence-corrected chi connectivity index (χ4v) is 4.09. The van der Waals surface area contributed by atoms with Crippen LogP contribution in [0.2, 0.25) is 0 Å². The number of ether oxygens (including phenoxy) is 3. The summed E-state index contributed by atoms with van der Waals surface area (Å²) in [4.78, 5) is 15.3. The van der Waals surface area contributed by atoms with Crippen molar-refractivity contribution in [1.82, 2.24) is 4.90 Å². The Morgan fingerprint density at radius 1 is 1.25 bits per heavy atom. The van der Waals surface area contributed by atoms with Gasteiger partial charge in [-0.1, -0.05) is 28.1 Å². The average molecular weight is 448 g/mol. The topological polar surface area (TPSA) is 48.0 Å². The summed E-state index contributed by atoms with van der Waals surface area (Å²) in [6, 6.07) is 7.99. The van der Waals surface area contributed by atoms with Crippen LogP contribution in [0.5, 0.6) is 11.5 Å². The summed E-state index contributed by atoms with van der Waals surface area (Å²) < 4.78 is 17.8. The predicted molar refractivity (Wildman–Crippen MR) is 113 cm³/mol. The quantitative estimate of drug-likeness (QED) is 0.659. The third-order valence-corrected chi connectivity index (χ3v) is 5.74. The van der Waals surface area contributed by atoms with Gasteiger partial charge in [-0.3, -0.25) is 4.79 Å². The molecular formula is C22H26BrNO4. The number of amides is 1. The smallest absolute Gasteiger partial charge is 0.254 e. The maximum absolute atomic E-state index is 13.4. The molecule has 0 saturated carbocycles.